The van der Waals surface area contributed by atoms with Crippen molar-refractivity contribution in [3.8, 4) is 0 Å². The zero-order valence-corrected chi connectivity index (χ0v) is 16.8. The van der Waals surface area contributed by atoms with Crippen LogP contribution >= 0.6 is 11.6 Å². The van der Waals surface area contributed by atoms with E-state index in [9.17, 15) is 24.5 Å². The van der Waals surface area contributed by atoms with Gasteiger partial charge in [-0.3, -0.25) is 19.7 Å². The summed E-state index contributed by atoms with van der Waals surface area (Å²) < 4.78 is 4.91. The molecule has 1 amide bonds. The lowest BCUT2D eigenvalue weighted by Crippen LogP contribution is -2.27. The molecule has 0 bridgehead atoms. The van der Waals surface area contributed by atoms with Gasteiger partial charge in [0.25, 0.3) is 5.69 Å². The van der Waals surface area contributed by atoms with Crippen molar-refractivity contribution in [2.75, 3.05) is 11.9 Å². The molecule has 152 valence electrons. The Hall–Kier alpha value is -3.26. The van der Waals surface area contributed by atoms with E-state index in [2.05, 4.69) is 5.32 Å². The van der Waals surface area contributed by atoms with Gasteiger partial charge in [0.15, 0.2) is 12.4 Å². The van der Waals surface area contributed by atoms with Crippen LogP contribution < -0.4 is 5.32 Å². The largest absolute Gasteiger partial charge is 0.454 e. The summed E-state index contributed by atoms with van der Waals surface area (Å²) in [7, 11) is 0. The van der Waals surface area contributed by atoms with Gasteiger partial charge in [0, 0.05) is 27.8 Å². The summed E-state index contributed by atoms with van der Waals surface area (Å²) in [6.07, 6.45) is 0. The van der Waals surface area contributed by atoms with E-state index in [0.717, 1.165) is 12.1 Å². The van der Waals surface area contributed by atoms with Crippen LogP contribution in [0.15, 0.2) is 42.5 Å². The number of anilines is 1. The number of nitrogens with one attached hydrogen (secondary N) is 1. The van der Waals surface area contributed by atoms with Gasteiger partial charge in [-0.1, -0.05) is 32.4 Å². The minimum atomic E-state index is -1.03. The van der Waals surface area contributed by atoms with E-state index in [-0.39, 0.29) is 22.1 Å². The molecule has 0 radical (unpaired) electrons. The number of nitro groups is 1. The molecule has 1 N–H and O–H groups in total. The molecule has 0 aliphatic heterocycles. The molecule has 0 saturated heterocycles. The van der Waals surface area contributed by atoms with Gasteiger partial charge < -0.3 is 10.1 Å². The minimum absolute atomic E-state index is 0.127. The molecule has 0 atom stereocenters. The maximum Gasteiger partial charge on any atom is 0.345 e. The maximum atomic E-state index is 12.2. The first kappa shape index (κ1) is 22.0. The number of halogens is 1. The molecule has 0 heterocycles. The number of nitrogens with zero attached hydrogens (tertiary/aromatic N) is 1. The number of benzene rings is 2. The Bertz CT molecular complexity index is 964. The lowest BCUT2D eigenvalue weighted by atomic mass is 9.95. The third-order valence-corrected chi connectivity index (χ3v) is 4.09. The SMILES string of the molecule is CC(C)(C)C(=O)Nc1ccc(C(=O)COC(=O)c2cc(Cl)ccc2[N+](=O)[O-])cc1. The fraction of sp³-hybridized carbons (Fsp3) is 0.250. The summed E-state index contributed by atoms with van der Waals surface area (Å²) in [6.45, 7) is 4.73. The fourth-order valence-electron chi connectivity index (χ4n) is 2.18. The van der Waals surface area contributed by atoms with Crippen molar-refractivity contribution in [2.45, 2.75) is 20.8 Å². The predicted molar refractivity (Wildman–Crippen MR) is 107 cm³/mol. The molecule has 9 heteroatoms. The Morgan fingerprint density at radius 2 is 1.72 bits per heavy atom. The summed E-state index contributed by atoms with van der Waals surface area (Å²) in [5.74, 6) is -1.70. The number of nitro benzene ring substituents is 1. The van der Waals surface area contributed by atoms with E-state index in [1.807, 2.05) is 0 Å². The van der Waals surface area contributed by atoms with Gasteiger partial charge in [0.05, 0.1) is 4.92 Å². The number of ether oxygens (including phenoxy) is 1. The standard InChI is InChI=1S/C20H19ClN2O6/c1-20(2,3)19(26)22-14-7-4-12(5-8-14)17(24)11-29-18(25)15-10-13(21)6-9-16(15)23(27)28/h4-10H,11H2,1-3H3,(H,22,26). The zero-order valence-electron chi connectivity index (χ0n) is 16.0. The molecule has 8 nitrogen and oxygen atoms in total. The van der Waals surface area contributed by atoms with Gasteiger partial charge in [0.1, 0.15) is 5.56 Å². The molecular weight excluding hydrogens is 400 g/mol. The Balaban J connectivity index is 2.03. The van der Waals surface area contributed by atoms with Crippen LogP contribution in [0, 0.1) is 15.5 Å². The first-order valence-electron chi connectivity index (χ1n) is 8.55. The Morgan fingerprint density at radius 3 is 2.28 bits per heavy atom. The van der Waals surface area contributed by atoms with Crippen LogP contribution in [0.2, 0.25) is 5.02 Å². The first-order chi connectivity index (χ1) is 13.5. The van der Waals surface area contributed by atoms with Crippen molar-refractivity contribution >= 4 is 40.6 Å². The van der Waals surface area contributed by atoms with Gasteiger partial charge in [-0.05, 0) is 36.4 Å². The van der Waals surface area contributed by atoms with Crippen LogP contribution in [-0.2, 0) is 9.53 Å². The second-order valence-electron chi connectivity index (χ2n) is 7.20. The number of carbonyl (C=O) groups excluding carboxylic acids is 3. The van der Waals surface area contributed by atoms with E-state index >= 15 is 0 Å². The van der Waals surface area contributed by atoms with Crippen molar-refractivity contribution in [3.63, 3.8) is 0 Å². The van der Waals surface area contributed by atoms with E-state index in [0.29, 0.717) is 5.69 Å². The molecule has 0 saturated carbocycles. The third-order valence-electron chi connectivity index (χ3n) is 3.86. The molecule has 0 fully saturated rings. The number of amides is 1. The van der Waals surface area contributed by atoms with Gasteiger partial charge in [-0.2, -0.15) is 0 Å². The van der Waals surface area contributed by atoms with Crippen LogP contribution in [0.4, 0.5) is 11.4 Å². The van der Waals surface area contributed by atoms with Crippen LogP contribution in [0.25, 0.3) is 0 Å². The number of ketones is 1. The molecule has 0 spiro atoms. The normalized spacial score (nSPS) is 10.9. The summed E-state index contributed by atoms with van der Waals surface area (Å²) in [5.41, 5.74) is -0.590. The van der Waals surface area contributed by atoms with E-state index in [1.165, 1.54) is 18.2 Å². The fourth-order valence-corrected chi connectivity index (χ4v) is 2.35. The Morgan fingerprint density at radius 1 is 1.10 bits per heavy atom. The lowest BCUT2D eigenvalue weighted by Gasteiger charge is -2.17. The highest BCUT2D eigenvalue weighted by Gasteiger charge is 2.23. The number of esters is 1. The van der Waals surface area contributed by atoms with Crippen molar-refractivity contribution in [1.29, 1.82) is 0 Å². The van der Waals surface area contributed by atoms with Crippen LogP contribution in [0.5, 0.6) is 0 Å². The predicted octanol–water partition coefficient (Wildman–Crippen LogP) is 4.27. The van der Waals surface area contributed by atoms with Crippen LogP contribution in [0.3, 0.4) is 0 Å². The number of rotatable bonds is 6. The van der Waals surface area contributed by atoms with Crippen molar-refractivity contribution in [3.05, 3.63) is 68.7 Å². The van der Waals surface area contributed by atoms with Crippen LogP contribution in [0.1, 0.15) is 41.5 Å². The van der Waals surface area contributed by atoms with Crippen LogP contribution in [-0.4, -0.2) is 29.2 Å². The molecule has 2 aromatic rings. The Labute approximate surface area is 172 Å². The molecule has 29 heavy (non-hydrogen) atoms. The third kappa shape index (κ3) is 5.86. The molecule has 0 aliphatic rings. The monoisotopic (exact) mass is 418 g/mol. The van der Waals surface area contributed by atoms with Crippen molar-refractivity contribution in [1.82, 2.24) is 0 Å². The molecule has 0 aromatic heterocycles. The molecule has 2 rings (SSSR count). The smallest absolute Gasteiger partial charge is 0.345 e. The molecule has 0 unspecified atom stereocenters. The second-order valence-corrected chi connectivity index (χ2v) is 7.64. The van der Waals surface area contributed by atoms with E-state index in [4.69, 9.17) is 16.3 Å². The summed E-state index contributed by atoms with van der Waals surface area (Å²) >= 11 is 5.78. The molecule has 2 aromatic carbocycles. The maximum absolute atomic E-state index is 12.2. The van der Waals surface area contributed by atoms with Gasteiger partial charge in [-0.15, -0.1) is 0 Å². The zero-order chi connectivity index (χ0) is 21.8. The highest BCUT2D eigenvalue weighted by atomic mass is 35.5. The molecule has 0 aliphatic carbocycles. The Kier molecular flexibility index (Phi) is 6.71. The highest BCUT2D eigenvalue weighted by Crippen LogP contribution is 2.23. The number of Topliss-reactive ketones (excluding diaryl/α,β-unsaturated/α-hetero) is 1. The van der Waals surface area contributed by atoms with Gasteiger partial charge >= 0.3 is 5.97 Å². The average Bonchev–Trinajstić information content (AvgIpc) is 2.65. The minimum Gasteiger partial charge on any atom is -0.454 e. The van der Waals surface area contributed by atoms with Gasteiger partial charge in [0.2, 0.25) is 5.91 Å². The average molecular weight is 419 g/mol. The van der Waals surface area contributed by atoms with Crippen molar-refractivity contribution in [2.24, 2.45) is 5.41 Å². The number of hydrogen-bond acceptors (Lipinski definition) is 6. The van der Waals surface area contributed by atoms with E-state index < -0.39 is 34.4 Å². The quantitative estimate of drug-likeness (QED) is 0.324. The van der Waals surface area contributed by atoms with Crippen molar-refractivity contribution < 1.29 is 24.0 Å². The summed E-state index contributed by atoms with van der Waals surface area (Å²) in [6, 6.07) is 9.56. The van der Waals surface area contributed by atoms with E-state index in [1.54, 1.807) is 32.9 Å². The highest BCUT2D eigenvalue weighted by molar-refractivity contribution is 6.31. The number of carbonyl (C=O) groups is 3. The van der Waals surface area contributed by atoms with Gasteiger partial charge in [-0.25, -0.2) is 4.79 Å². The molecular formula is C20H19ClN2O6. The first-order valence-corrected chi connectivity index (χ1v) is 8.92. The summed E-state index contributed by atoms with van der Waals surface area (Å²) in [5, 5.41) is 13.9. The second kappa shape index (κ2) is 8.83. The topological polar surface area (TPSA) is 116 Å². The lowest BCUT2D eigenvalue weighted by molar-refractivity contribution is -0.385. The summed E-state index contributed by atoms with van der Waals surface area (Å²) in [4.78, 5) is 46.6. The number of hydrogen-bond donors (Lipinski definition) is 1.